The molecule has 1 heterocycles. The molecule has 102 valence electrons. The molecule has 2 rings (SSSR count). The third-order valence-corrected chi connectivity index (χ3v) is 4.32. The standard InChI is InChI=1S/C15H26N2O/c1-12(2)16-9-10-17(15(18)11-16)14-6-4-5-13(3)7-8-14/h5,12,14H,4,6-11H2,1-3H3. The number of carbonyl (C=O) groups excluding carboxylic acids is 1. The Morgan fingerprint density at radius 3 is 2.72 bits per heavy atom. The minimum atomic E-state index is 0.333. The summed E-state index contributed by atoms with van der Waals surface area (Å²) in [4.78, 5) is 16.7. The van der Waals surface area contributed by atoms with Crippen LogP contribution in [0.1, 0.15) is 46.5 Å². The highest BCUT2D eigenvalue weighted by atomic mass is 16.2. The van der Waals surface area contributed by atoms with Crippen molar-refractivity contribution in [3.63, 3.8) is 0 Å². The number of amides is 1. The van der Waals surface area contributed by atoms with Gasteiger partial charge in [-0.2, -0.15) is 0 Å². The molecular formula is C15H26N2O. The van der Waals surface area contributed by atoms with E-state index >= 15 is 0 Å². The van der Waals surface area contributed by atoms with E-state index in [0.29, 0.717) is 24.5 Å². The van der Waals surface area contributed by atoms with Gasteiger partial charge in [-0.1, -0.05) is 11.6 Å². The maximum atomic E-state index is 12.3. The third-order valence-electron chi connectivity index (χ3n) is 4.32. The molecule has 1 aliphatic carbocycles. The molecule has 0 aromatic heterocycles. The number of allylic oxidation sites excluding steroid dienone is 2. The van der Waals surface area contributed by atoms with Crippen molar-refractivity contribution in [1.29, 1.82) is 0 Å². The van der Waals surface area contributed by atoms with Crippen LogP contribution in [0.15, 0.2) is 11.6 Å². The Bertz CT molecular complexity index is 335. The summed E-state index contributed by atoms with van der Waals surface area (Å²) in [6.07, 6.45) is 6.92. The summed E-state index contributed by atoms with van der Waals surface area (Å²) in [5.41, 5.74) is 1.49. The highest BCUT2D eigenvalue weighted by Crippen LogP contribution is 2.23. The molecule has 0 aromatic rings. The summed E-state index contributed by atoms with van der Waals surface area (Å²) in [5, 5.41) is 0. The highest BCUT2D eigenvalue weighted by Gasteiger charge is 2.30. The van der Waals surface area contributed by atoms with Gasteiger partial charge in [0.05, 0.1) is 6.54 Å². The molecule has 1 saturated heterocycles. The molecule has 0 radical (unpaired) electrons. The molecule has 0 bridgehead atoms. The van der Waals surface area contributed by atoms with Crippen molar-refractivity contribution in [1.82, 2.24) is 9.80 Å². The fraction of sp³-hybridized carbons (Fsp3) is 0.800. The van der Waals surface area contributed by atoms with Gasteiger partial charge in [0.1, 0.15) is 0 Å². The Balaban J connectivity index is 1.93. The van der Waals surface area contributed by atoms with Crippen molar-refractivity contribution in [3.05, 3.63) is 11.6 Å². The second-order valence-corrected chi connectivity index (χ2v) is 5.97. The number of nitrogens with zero attached hydrogens (tertiary/aromatic N) is 2. The summed E-state index contributed by atoms with van der Waals surface area (Å²) < 4.78 is 0. The van der Waals surface area contributed by atoms with Crippen LogP contribution in [0.25, 0.3) is 0 Å². The Morgan fingerprint density at radius 2 is 2.06 bits per heavy atom. The van der Waals surface area contributed by atoms with Gasteiger partial charge in [-0.3, -0.25) is 9.69 Å². The van der Waals surface area contributed by atoms with E-state index in [4.69, 9.17) is 0 Å². The Labute approximate surface area is 111 Å². The van der Waals surface area contributed by atoms with Gasteiger partial charge in [0, 0.05) is 25.2 Å². The molecule has 0 spiro atoms. The van der Waals surface area contributed by atoms with Gasteiger partial charge in [0.2, 0.25) is 5.91 Å². The number of rotatable bonds is 2. The lowest BCUT2D eigenvalue weighted by Gasteiger charge is -2.40. The zero-order valence-electron chi connectivity index (χ0n) is 12.0. The molecule has 0 N–H and O–H groups in total. The van der Waals surface area contributed by atoms with Gasteiger partial charge in [-0.25, -0.2) is 0 Å². The van der Waals surface area contributed by atoms with Crippen LogP contribution in [0.5, 0.6) is 0 Å². The molecule has 1 aliphatic heterocycles. The average Bonchev–Trinajstić information content (AvgIpc) is 2.54. The Kier molecular flexibility index (Phi) is 4.44. The SMILES string of the molecule is CC1=CCCC(N2CCN(C(C)C)CC2=O)CC1. The van der Waals surface area contributed by atoms with E-state index in [0.717, 1.165) is 38.8 Å². The van der Waals surface area contributed by atoms with E-state index < -0.39 is 0 Å². The number of carbonyl (C=O) groups is 1. The maximum absolute atomic E-state index is 12.3. The second kappa shape index (κ2) is 5.87. The van der Waals surface area contributed by atoms with Crippen LogP contribution in [0.3, 0.4) is 0 Å². The van der Waals surface area contributed by atoms with Crippen LogP contribution in [-0.2, 0) is 4.79 Å². The first-order valence-electron chi connectivity index (χ1n) is 7.27. The molecule has 0 aromatic carbocycles. The van der Waals surface area contributed by atoms with E-state index in [2.05, 4.69) is 36.6 Å². The van der Waals surface area contributed by atoms with Gasteiger partial charge in [-0.15, -0.1) is 0 Å². The molecule has 18 heavy (non-hydrogen) atoms. The molecule has 2 aliphatic rings. The average molecular weight is 250 g/mol. The van der Waals surface area contributed by atoms with Crippen LogP contribution < -0.4 is 0 Å². The first-order chi connectivity index (χ1) is 8.58. The van der Waals surface area contributed by atoms with Gasteiger partial charge in [-0.05, 0) is 46.5 Å². The molecule has 3 nitrogen and oxygen atoms in total. The minimum absolute atomic E-state index is 0.333. The van der Waals surface area contributed by atoms with E-state index in [9.17, 15) is 4.79 Å². The minimum Gasteiger partial charge on any atom is -0.337 e. The van der Waals surface area contributed by atoms with Gasteiger partial charge < -0.3 is 4.90 Å². The molecule has 1 fully saturated rings. The van der Waals surface area contributed by atoms with Gasteiger partial charge in [0.25, 0.3) is 0 Å². The van der Waals surface area contributed by atoms with Crippen molar-refractivity contribution in [2.45, 2.75) is 58.5 Å². The van der Waals surface area contributed by atoms with Crippen molar-refractivity contribution < 1.29 is 4.79 Å². The Hall–Kier alpha value is -0.830. The van der Waals surface area contributed by atoms with E-state index in [1.807, 2.05) is 0 Å². The maximum Gasteiger partial charge on any atom is 0.237 e. The van der Waals surface area contributed by atoms with Gasteiger partial charge >= 0.3 is 0 Å². The van der Waals surface area contributed by atoms with Crippen molar-refractivity contribution in [2.75, 3.05) is 19.6 Å². The molecule has 1 atom stereocenters. The first-order valence-corrected chi connectivity index (χ1v) is 7.27. The lowest BCUT2D eigenvalue weighted by atomic mass is 10.0. The van der Waals surface area contributed by atoms with E-state index in [-0.39, 0.29) is 0 Å². The lowest BCUT2D eigenvalue weighted by Crippen LogP contribution is -2.55. The molecule has 1 unspecified atom stereocenters. The van der Waals surface area contributed by atoms with Crippen LogP contribution in [0, 0.1) is 0 Å². The number of piperazine rings is 1. The first kappa shape index (κ1) is 13.6. The monoisotopic (exact) mass is 250 g/mol. The second-order valence-electron chi connectivity index (χ2n) is 5.97. The Morgan fingerprint density at radius 1 is 1.28 bits per heavy atom. The third kappa shape index (κ3) is 3.14. The van der Waals surface area contributed by atoms with E-state index in [1.165, 1.54) is 5.57 Å². The smallest absolute Gasteiger partial charge is 0.237 e. The normalized spacial score (nSPS) is 27.3. The fourth-order valence-electron chi connectivity index (χ4n) is 3.01. The molecular weight excluding hydrogens is 224 g/mol. The van der Waals surface area contributed by atoms with E-state index in [1.54, 1.807) is 0 Å². The molecule has 0 saturated carbocycles. The largest absolute Gasteiger partial charge is 0.337 e. The lowest BCUT2D eigenvalue weighted by molar-refractivity contribution is -0.139. The zero-order valence-corrected chi connectivity index (χ0v) is 12.0. The summed E-state index contributed by atoms with van der Waals surface area (Å²) in [5.74, 6) is 0.333. The fourth-order valence-corrected chi connectivity index (χ4v) is 3.01. The predicted octanol–water partition coefficient (Wildman–Crippen LogP) is 2.43. The highest BCUT2D eigenvalue weighted by molar-refractivity contribution is 5.79. The summed E-state index contributed by atoms with van der Waals surface area (Å²) in [7, 11) is 0. The predicted molar refractivity (Wildman–Crippen MR) is 74.4 cm³/mol. The molecule has 3 heteroatoms. The summed E-state index contributed by atoms with van der Waals surface area (Å²) >= 11 is 0. The van der Waals surface area contributed by atoms with Crippen LogP contribution in [0.2, 0.25) is 0 Å². The number of hydrogen-bond acceptors (Lipinski definition) is 2. The van der Waals surface area contributed by atoms with Gasteiger partial charge in [0.15, 0.2) is 0 Å². The van der Waals surface area contributed by atoms with Crippen LogP contribution >= 0.6 is 0 Å². The van der Waals surface area contributed by atoms with Crippen molar-refractivity contribution in [2.24, 2.45) is 0 Å². The van der Waals surface area contributed by atoms with Crippen molar-refractivity contribution >= 4 is 5.91 Å². The summed E-state index contributed by atoms with van der Waals surface area (Å²) in [6.45, 7) is 9.11. The van der Waals surface area contributed by atoms with Crippen LogP contribution in [0.4, 0.5) is 0 Å². The van der Waals surface area contributed by atoms with Crippen molar-refractivity contribution in [3.8, 4) is 0 Å². The number of hydrogen-bond donors (Lipinski definition) is 0. The molecule has 1 amide bonds. The van der Waals surface area contributed by atoms with Crippen LogP contribution in [-0.4, -0.2) is 47.4 Å². The topological polar surface area (TPSA) is 23.6 Å². The summed E-state index contributed by atoms with van der Waals surface area (Å²) in [6, 6.07) is 0.953. The zero-order chi connectivity index (χ0) is 13.1. The quantitative estimate of drug-likeness (QED) is 0.703.